The smallest absolute Gasteiger partial charge is 0.148 e. The molecule has 7 nitrogen and oxygen atoms in total. The number of nitrogens with one attached hydrogen (secondary N) is 2. The topological polar surface area (TPSA) is 105 Å². The molecule has 0 aromatic carbocycles. The van der Waals surface area contributed by atoms with Crippen molar-refractivity contribution in [3.05, 3.63) is 11.4 Å². The van der Waals surface area contributed by atoms with Crippen LogP contribution in [0.5, 0.6) is 0 Å². The van der Waals surface area contributed by atoms with Crippen LogP contribution in [0.15, 0.2) is 0 Å². The molecule has 1 atom stereocenters. The van der Waals surface area contributed by atoms with Gasteiger partial charge in [0, 0.05) is 24.7 Å². The Morgan fingerprint density at radius 3 is 2.38 bits per heavy atom. The van der Waals surface area contributed by atoms with Gasteiger partial charge >= 0.3 is 0 Å². The third kappa shape index (κ3) is 4.80. The molecule has 1 aromatic heterocycles. The summed E-state index contributed by atoms with van der Waals surface area (Å²) in [6.45, 7) is 8.60. The molecule has 7 heteroatoms. The maximum absolute atomic E-state index is 9.13. The lowest BCUT2D eigenvalue weighted by atomic mass is 9.95. The summed E-state index contributed by atoms with van der Waals surface area (Å²) in [6, 6.07) is -0.0213. The highest BCUT2D eigenvalue weighted by Gasteiger charge is 2.22. The molecule has 0 saturated heterocycles. The van der Waals surface area contributed by atoms with Gasteiger partial charge in [-0.2, -0.15) is 0 Å². The van der Waals surface area contributed by atoms with E-state index < -0.39 is 0 Å². The summed E-state index contributed by atoms with van der Waals surface area (Å²) in [7, 11) is 1.63. The van der Waals surface area contributed by atoms with Gasteiger partial charge < -0.3 is 20.6 Å². The summed E-state index contributed by atoms with van der Waals surface area (Å²) in [4.78, 5) is 9.06. The number of nitrogens with zero attached hydrogens (tertiary/aromatic N) is 2. The molecule has 1 heterocycles. The number of nitrogen functional groups attached to an aromatic ring is 1. The van der Waals surface area contributed by atoms with Gasteiger partial charge in [-0.25, -0.2) is 15.8 Å². The fourth-order valence-corrected chi connectivity index (χ4v) is 1.88. The summed E-state index contributed by atoms with van der Waals surface area (Å²) >= 11 is 0. The number of anilines is 2. The van der Waals surface area contributed by atoms with E-state index in [-0.39, 0.29) is 18.1 Å². The number of aliphatic hydroxyl groups excluding tert-OH is 1. The Hall–Kier alpha value is -1.44. The third-order valence-electron chi connectivity index (χ3n) is 3.14. The van der Waals surface area contributed by atoms with E-state index in [2.05, 4.69) is 20.7 Å². The second-order valence-corrected chi connectivity index (χ2v) is 6.07. The lowest BCUT2D eigenvalue weighted by Gasteiger charge is -2.23. The van der Waals surface area contributed by atoms with Crippen LogP contribution >= 0.6 is 0 Å². The van der Waals surface area contributed by atoms with Gasteiger partial charge in [0.25, 0.3) is 0 Å². The molecule has 1 aromatic rings. The Morgan fingerprint density at radius 1 is 1.29 bits per heavy atom. The van der Waals surface area contributed by atoms with E-state index in [0.29, 0.717) is 30.5 Å². The van der Waals surface area contributed by atoms with Crippen LogP contribution in [-0.4, -0.2) is 41.4 Å². The lowest BCUT2D eigenvalue weighted by molar-refractivity contribution is 0.170. The van der Waals surface area contributed by atoms with Crippen LogP contribution in [0.1, 0.15) is 38.6 Å². The molecule has 1 rings (SSSR count). The van der Waals surface area contributed by atoms with Gasteiger partial charge in [-0.1, -0.05) is 20.8 Å². The van der Waals surface area contributed by atoms with Crippen LogP contribution in [0.4, 0.5) is 11.6 Å². The molecule has 0 fully saturated rings. The normalized spacial score (nSPS) is 13.1. The summed E-state index contributed by atoms with van der Waals surface area (Å²) in [5, 5.41) is 12.4. The maximum Gasteiger partial charge on any atom is 0.148 e. The Morgan fingerprint density at radius 2 is 1.90 bits per heavy atom. The summed E-state index contributed by atoms with van der Waals surface area (Å²) in [5.41, 5.74) is 3.26. The van der Waals surface area contributed by atoms with Crippen LogP contribution in [-0.2, 0) is 10.2 Å². The van der Waals surface area contributed by atoms with Gasteiger partial charge in [0.1, 0.15) is 17.5 Å². The molecule has 120 valence electrons. The molecular formula is C14H27N5O2. The maximum atomic E-state index is 9.13. The third-order valence-corrected chi connectivity index (χ3v) is 3.14. The standard InChI is InChI=1S/C14H27N5O2/c1-9-11(16-10(6-7-20)8-21-5)17-13(14(2,3)4)18-12(9)19-15/h10,20H,6-8,15H2,1-5H3,(H2,16,17,18,19). The van der Waals surface area contributed by atoms with Crippen LogP contribution in [0.2, 0.25) is 0 Å². The minimum atomic E-state index is -0.191. The average molecular weight is 297 g/mol. The Labute approximate surface area is 126 Å². The van der Waals surface area contributed by atoms with E-state index in [1.807, 2.05) is 27.7 Å². The number of aromatic nitrogens is 2. The second-order valence-electron chi connectivity index (χ2n) is 6.07. The van der Waals surface area contributed by atoms with Crippen LogP contribution < -0.4 is 16.6 Å². The first kappa shape index (κ1) is 17.6. The average Bonchev–Trinajstić information content (AvgIpc) is 2.40. The zero-order chi connectivity index (χ0) is 16.0. The van der Waals surface area contributed by atoms with Gasteiger partial charge in [-0.05, 0) is 13.3 Å². The van der Waals surface area contributed by atoms with Crippen molar-refractivity contribution in [2.45, 2.75) is 45.6 Å². The molecule has 0 aliphatic carbocycles. The Bertz CT molecular complexity index is 453. The van der Waals surface area contributed by atoms with Gasteiger partial charge in [0.05, 0.1) is 12.6 Å². The molecule has 1 unspecified atom stereocenters. The molecule has 0 aliphatic heterocycles. The van der Waals surface area contributed by atoms with E-state index in [9.17, 15) is 0 Å². The SMILES string of the molecule is COCC(CCO)Nc1nc(C(C)(C)C)nc(NN)c1C. The summed E-state index contributed by atoms with van der Waals surface area (Å²) in [6.07, 6.45) is 0.577. The lowest BCUT2D eigenvalue weighted by Crippen LogP contribution is -2.29. The van der Waals surface area contributed by atoms with Crippen LogP contribution in [0, 0.1) is 6.92 Å². The monoisotopic (exact) mass is 297 g/mol. The highest BCUT2D eigenvalue weighted by Crippen LogP contribution is 2.26. The summed E-state index contributed by atoms with van der Waals surface area (Å²) < 4.78 is 5.17. The minimum absolute atomic E-state index is 0.0213. The number of rotatable bonds is 7. The van der Waals surface area contributed by atoms with Gasteiger partial charge in [-0.3, -0.25) is 0 Å². The number of hydrogen-bond acceptors (Lipinski definition) is 7. The molecule has 0 bridgehead atoms. The largest absolute Gasteiger partial charge is 0.396 e. The van der Waals surface area contributed by atoms with Crippen molar-refractivity contribution in [3.8, 4) is 0 Å². The first-order valence-electron chi connectivity index (χ1n) is 7.05. The molecule has 0 spiro atoms. The van der Waals surface area contributed by atoms with Gasteiger partial charge in [-0.15, -0.1) is 0 Å². The van der Waals surface area contributed by atoms with Crippen LogP contribution in [0.3, 0.4) is 0 Å². The van der Waals surface area contributed by atoms with E-state index in [4.69, 9.17) is 15.7 Å². The highest BCUT2D eigenvalue weighted by molar-refractivity contribution is 5.57. The van der Waals surface area contributed by atoms with Crippen molar-refractivity contribution < 1.29 is 9.84 Å². The number of hydrazine groups is 1. The van der Waals surface area contributed by atoms with Crippen molar-refractivity contribution in [2.24, 2.45) is 5.84 Å². The highest BCUT2D eigenvalue weighted by atomic mass is 16.5. The predicted molar refractivity (Wildman–Crippen MR) is 84.3 cm³/mol. The first-order valence-corrected chi connectivity index (χ1v) is 7.05. The van der Waals surface area contributed by atoms with E-state index in [1.54, 1.807) is 7.11 Å². The number of ether oxygens (including phenoxy) is 1. The second kappa shape index (κ2) is 7.53. The van der Waals surface area contributed by atoms with E-state index in [0.717, 1.165) is 5.56 Å². The minimum Gasteiger partial charge on any atom is -0.396 e. The van der Waals surface area contributed by atoms with Crippen molar-refractivity contribution >= 4 is 11.6 Å². The molecule has 0 radical (unpaired) electrons. The quantitative estimate of drug-likeness (QED) is 0.442. The molecule has 0 aliphatic rings. The van der Waals surface area contributed by atoms with E-state index >= 15 is 0 Å². The predicted octanol–water partition coefficient (Wildman–Crippen LogP) is 1.18. The number of methoxy groups -OCH3 is 1. The Kier molecular flexibility index (Phi) is 6.32. The molecule has 21 heavy (non-hydrogen) atoms. The first-order chi connectivity index (χ1) is 9.83. The fourth-order valence-electron chi connectivity index (χ4n) is 1.88. The van der Waals surface area contributed by atoms with Crippen molar-refractivity contribution in [1.29, 1.82) is 0 Å². The number of aliphatic hydroxyl groups is 1. The molecule has 5 N–H and O–H groups in total. The molecular weight excluding hydrogens is 270 g/mol. The van der Waals surface area contributed by atoms with Gasteiger partial charge in [0.15, 0.2) is 0 Å². The van der Waals surface area contributed by atoms with Crippen LogP contribution in [0.25, 0.3) is 0 Å². The molecule has 0 amide bonds. The van der Waals surface area contributed by atoms with Crippen molar-refractivity contribution in [3.63, 3.8) is 0 Å². The number of hydrogen-bond donors (Lipinski definition) is 4. The fraction of sp³-hybridized carbons (Fsp3) is 0.714. The number of nitrogens with two attached hydrogens (primary N) is 1. The van der Waals surface area contributed by atoms with Gasteiger partial charge in [0.2, 0.25) is 0 Å². The van der Waals surface area contributed by atoms with Crippen molar-refractivity contribution in [1.82, 2.24) is 9.97 Å². The zero-order valence-electron chi connectivity index (χ0n) is 13.5. The summed E-state index contributed by atoms with van der Waals surface area (Å²) in [5.74, 6) is 7.55. The zero-order valence-corrected chi connectivity index (χ0v) is 13.5. The Balaban J connectivity index is 3.14. The van der Waals surface area contributed by atoms with E-state index in [1.165, 1.54) is 0 Å². The van der Waals surface area contributed by atoms with Crippen molar-refractivity contribution in [2.75, 3.05) is 31.1 Å². The molecule has 0 saturated carbocycles.